The molecule has 1 N–H and O–H groups in total. The summed E-state index contributed by atoms with van der Waals surface area (Å²) in [6.07, 6.45) is 3.95. The van der Waals surface area contributed by atoms with Gasteiger partial charge < -0.3 is 5.32 Å². The lowest BCUT2D eigenvalue weighted by molar-refractivity contribution is 0.396. The molecule has 112 valence electrons. The van der Waals surface area contributed by atoms with Gasteiger partial charge in [-0.1, -0.05) is 24.6 Å². The Morgan fingerprint density at radius 2 is 2.05 bits per heavy atom. The molecule has 2 aromatic rings. The van der Waals surface area contributed by atoms with E-state index in [1.165, 1.54) is 30.2 Å². The second-order valence-corrected chi connectivity index (χ2v) is 6.48. The normalized spacial score (nSPS) is 22.0. The predicted molar refractivity (Wildman–Crippen MR) is 89.7 cm³/mol. The fourth-order valence-corrected chi connectivity index (χ4v) is 3.93. The summed E-state index contributed by atoms with van der Waals surface area (Å²) in [5, 5.41) is 4.90. The average Bonchev–Trinajstić information content (AvgIpc) is 2.94. The van der Waals surface area contributed by atoms with Gasteiger partial charge in [0.25, 0.3) is 0 Å². The number of aromatic nitrogens is 1. The number of rotatable bonds is 5. The quantitative estimate of drug-likeness (QED) is 0.834. The molecule has 2 atom stereocenters. The third-order valence-corrected chi connectivity index (χ3v) is 5.06. The van der Waals surface area contributed by atoms with Crippen molar-refractivity contribution in [2.45, 2.75) is 32.7 Å². The molecule has 1 saturated carbocycles. The highest BCUT2D eigenvalue weighted by Crippen LogP contribution is 2.32. The van der Waals surface area contributed by atoms with Crippen LogP contribution in [-0.2, 0) is 6.54 Å². The zero-order valence-electron chi connectivity index (χ0n) is 12.6. The third kappa shape index (κ3) is 3.38. The van der Waals surface area contributed by atoms with Crippen LogP contribution in [0.4, 0.5) is 0 Å². The molecule has 0 saturated heterocycles. The molecule has 0 spiro atoms. The van der Waals surface area contributed by atoms with Crippen LogP contribution in [0.3, 0.4) is 0 Å². The molecule has 3 rings (SSSR count). The first-order chi connectivity index (χ1) is 10.3. The highest BCUT2D eigenvalue weighted by atomic mass is 35.5. The third-order valence-electron chi connectivity index (χ3n) is 4.67. The molecule has 2 nitrogen and oxygen atoms in total. The van der Waals surface area contributed by atoms with Crippen LogP contribution in [0.15, 0.2) is 30.3 Å². The van der Waals surface area contributed by atoms with Crippen molar-refractivity contribution in [1.29, 1.82) is 0 Å². The van der Waals surface area contributed by atoms with E-state index in [1.54, 1.807) is 0 Å². The van der Waals surface area contributed by atoms with E-state index in [0.29, 0.717) is 5.92 Å². The second-order valence-electron chi connectivity index (χ2n) is 6.18. The van der Waals surface area contributed by atoms with E-state index in [2.05, 4.69) is 47.6 Å². The lowest BCUT2D eigenvalue weighted by Gasteiger charge is -2.18. The molecule has 0 radical (unpaired) electrons. The fraction of sp³-hybridized carbons (Fsp3) is 0.500. The zero-order valence-corrected chi connectivity index (χ0v) is 13.4. The Morgan fingerprint density at radius 3 is 2.90 bits per heavy atom. The van der Waals surface area contributed by atoms with Gasteiger partial charge in [-0.05, 0) is 55.8 Å². The van der Waals surface area contributed by atoms with Gasteiger partial charge in [0.15, 0.2) is 0 Å². The van der Waals surface area contributed by atoms with Crippen molar-refractivity contribution in [3.8, 4) is 0 Å². The van der Waals surface area contributed by atoms with E-state index in [4.69, 9.17) is 11.6 Å². The molecule has 1 aromatic carbocycles. The number of alkyl halides is 1. The van der Waals surface area contributed by atoms with Crippen LogP contribution in [-0.4, -0.2) is 17.4 Å². The van der Waals surface area contributed by atoms with Gasteiger partial charge in [-0.2, -0.15) is 0 Å². The number of nitrogens with one attached hydrogen (secondary N) is 1. The number of fused-ring (bicyclic) bond motifs is 1. The van der Waals surface area contributed by atoms with Crippen LogP contribution >= 0.6 is 11.6 Å². The Kier molecular flexibility index (Phi) is 4.77. The fourth-order valence-electron chi connectivity index (χ4n) is 3.52. The highest BCUT2D eigenvalue weighted by molar-refractivity contribution is 6.18. The molecule has 0 bridgehead atoms. The van der Waals surface area contributed by atoms with E-state index in [0.717, 1.165) is 36.1 Å². The SMILES string of the molecule is Cc1cc(CNCC2CCCC2CCl)c2ccccc2n1. The van der Waals surface area contributed by atoms with Crippen molar-refractivity contribution in [3.05, 3.63) is 41.6 Å². The van der Waals surface area contributed by atoms with Crippen LogP contribution in [0, 0.1) is 18.8 Å². The van der Waals surface area contributed by atoms with Crippen LogP contribution in [0.25, 0.3) is 10.9 Å². The smallest absolute Gasteiger partial charge is 0.0708 e. The minimum Gasteiger partial charge on any atom is -0.312 e. The van der Waals surface area contributed by atoms with Crippen LogP contribution < -0.4 is 5.32 Å². The maximum Gasteiger partial charge on any atom is 0.0708 e. The summed E-state index contributed by atoms with van der Waals surface area (Å²) in [5.74, 6) is 2.26. The van der Waals surface area contributed by atoms with Crippen molar-refractivity contribution in [3.63, 3.8) is 0 Å². The first-order valence-corrected chi connectivity index (χ1v) is 8.43. The molecular formula is C18H23ClN2. The summed E-state index contributed by atoms with van der Waals surface area (Å²) in [4.78, 5) is 4.60. The van der Waals surface area contributed by atoms with E-state index in [-0.39, 0.29) is 0 Å². The van der Waals surface area contributed by atoms with Gasteiger partial charge in [0.05, 0.1) is 5.52 Å². The van der Waals surface area contributed by atoms with Crippen LogP contribution in [0.2, 0.25) is 0 Å². The minimum atomic E-state index is 0.704. The molecule has 1 aromatic heterocycles. The zero-order chi connectivity index (χ0) is 14.7. The van der Waals surface area contributed by atoms with E-state index in [9.17, 15) is 0 Å². The first kappa shape index (κ1) is 14.8. The molecule has 3 heteroatoms. The van der Waals surface area contributed by atoms with E-state index >= 15 is 0 Å². The predicted octanol–water partition coefficient (Wildman–Crippen LogP) is 4.29. The largest absolute Gasteiger partial charge is 0.312 e. The molecular weight excluding hydrogens is 280 g/mol. The standard InChI is InChI=1S/C18H23ClN2/c1-13-9-16(17-7-2-3-8-18(17)21-13)12-20-11-15-6-4-5-14(15)10-19/h2-3,7-9,14-15,20H,4-6,10-12H2,1H3. The Hall–Kier alpha value is -1.12. The molecule has 0 amide bonds. The molecule has 21 heavy (non-hydrogen) atoms. The van der Waals surface area contributed by atoms with Gasteiger partial charge in [-0.15, -0.1) is 11.6 Å². The first-order valence-electron chi connectivity index (χ1n) is 7.90. The lowest BCUT2D eigenvalue weighted by Crippen LogP contribution is -2.25. The summed E-state index contributed by atoms with van der Waals surface area (Å²) in [6.45, 7) is 4.05. The summed E-state index contributed by atoms with van der Waals surface area (Å²) < 4.78 is 0. The second kappa shape index (κ2) is 6.76. The van der Waals surface area contributed by atoms with Crippen molar-refractivity contribution >= 4 is 22.5 Å². The van der Waals surface area contributed by atoms with Gasteiger partial charge in [-0.3, -0.25) is 4.98 Å². The van der Waals surface area contributed by atoms with Crippen LogP contribution in [0.1, 0.15) is 30.5 Å². The van der Waals surface area contributed by atoms with Gasteiger partial charge in [0.1, 0.15) is 0 Å². The molecule has 2 unspecified atom stereocenters. The van der Waals surface area contributed by atoms with Crippen molar-refractivity contribution in [2.75, 3.05) is 12.4 Å². The summed E-state index contributed by atoms with van der Waals surface area (Å²) in [6, 6.07) is 10.6. The number of nitrogens with zero attached hydrogens (tertiary/aromatic N) is 1. The van der Waals surface area contributed by atoms with Crippen LogP contribution in [0.5, 0.6) is 0 Å². The van der Waals surface area contributed by atoms with Crippen molar-refractivity contribution in [2.24, 2.45) is 11.8 Å². The Balaban J connectivity index is 1.68. The Bertz CT molecular complexity index is 611. The monoisotopic (exact) mass is 302 g/mol. The number of hydrogen-bond donors (Lipinski definition) is 1. The number of pyridine rings is 1. The average molecular weight is 303 g/mol. The highest BCUT2D eigenvalue weighted by Gasteiger charge is 2.25. The molecule has 1 aliphatic carbocycles. The van der Waals surface area contributed by atoms with Gasteiger partial charge in [0, 0.05) is 23.5 Å². The van der Waals surface area contributed by atoms with Gasteiger partial charge in [-0.25, -0.2) is 0 Å². The topological polar surface area (TPSA) is 24.9 Å². The minimum absolute atomic E-state index is 0.704. The van der Waals surface area contributed by atoms with Crippen molar-refractivity contribution < 1.29 is 0 Å². The lowest BCUT2D eigenvalue weighted by atomic mass is 9.98. The number of para-hydroxylation sites is 1. The van der Waals surface area contributed by atoms with E-state index < -0.39 is 0 Å². The van der Waals surface area contributed by atoms with Gasteiger partial charge >= 0.3 is 0 Å². The number of aryl methyl sites for hydroxylation is 1. The number of hydrogen-bond acceptors (Lipinski definition) is 2. The Morgan fingerprint density at radius 1 is 1.24 bits per heavy atom. The number of benzene rings is 1. The molecule has 1 heterocycles. The Labute approximate surface area is 131 Å². The number of halogens is 1. The summed E-state index contributed by atoms with van der Waals surface area (Å²) in [5.41, 5.74) is 3.53. The van der Waals surface area contributed by atoms with Crippen molar-refractivity contribution in [1.82, 2.24) is 10.3 Å². The maximum absolute atomic E-state index is 6.06. The molecule has 0 aliphatic heterocycles. The van der Waals surface area contributed by atoms with E-state index in [1.807, 2.05) is 0 Å². The summed E-state index contributed by atoms with van der Waals surface area (Å²) in [7, 11) is 0. The van der Waals surface area contributed by atoms with Gasteiger partial charge in [0.2, 0.25) is 0 Å². The molecule has 1 aliphatic rings. The molecule has 1 fully saturated rings. The maximum atomic E-state index is 6.06. The summed E-state index contributed by atoms with van der Waals surface area (Å²) >= 11 is 6.06.